The summed E-state index contributed by atoms with van der Waals surface area (Å²) in [5.74, 6) is 2.62. The molecule has 2 aliphatic carbocycles. The first-order chi connectivity index (χ1) is 9.11. The van der Waals surface area contributed by atoms with Crippen LogP contribution in [0.3, 0.4) is 0 Å². The number of hydrogen-bond donors (Lipinski definition) is 2. The summed E-state index contributed by atoms with van der Waals surface area (Å²) in [5, 5.41) is 12.7. The van der Waals surface area contributed by atoms with Crippen molar-refractivity contribution >= 4 is 5.91 Å². The highest BCUT2D eigenvalue weighted by atomic mass is 16.3. The second-order valence-corrected chi connectivity index (χ2v) is 6.87. The highest BCUT2D eigenvalue weighted by Gasteiger charge is 2.42. The zero-order valence-electron chi connectivity index (χ0n) is 11.8. The lowest BCUT2D eigenvalue weighted by atomic mass is 9.84. The van der Waals surface area contributed by atoms with E-state index >= 15 is 0 Å². The summed E-state index contributed by atoms with van der Waals surface area (Å²) in [6, 6.07) is 0.315. The van der Waals surface area contributed by atoms with Gasteiger partial charge in [-0.15, -0.1) is 0 Å². The highest BCUT2D eigenvalue weighted by Crippen LogP contribution is 2.49. The molecular weight excluding hydrogens is 240 g/mol. The Kier molecular flexibility index (Phi) is 3.81. The Morgan fingerprint density at radius 2 is 2.21 bits per heavy atom. The quantitative estimate of drug-likeness (QED) is 0.798. The number of carbonyl (C=O) groups excluding carboxylic acids is 1. The molecule has 0 radical (unpaired) electrons. The zero-order valence-corrected chi connectivity index (χ0v) is 11.8. The topological polar surface area (TPSA) is 52.6 Å². The lowest BCUT2D eigenvalue weighted by molar-refractivity contribution is -0.123. The predicted octanol–water partition coefficient (Wildman–Crippen LogP) is 0.994. The normalized spacial score (nSPS) is 39.7. The molecule has 1 aliphatic heterocycles. The molecule has 0 spiro atoms. The van der Waals surface area contributed by atoms with E-state index in [9.17, 15) is 9.90 Å². The van der Waals surface area contributed by atoms with Crippen LogP contribution in [0.4, 0.5) is 0 Å². The zero-order chi connectivity index (χ0) is 13.4. The minimum atomic E-state index is -0.240. The molecule has 0 aromatic heterocycles. The maximum absolute atomic E-state index is 12.0. The van der Waals surface area contributed by atoms with Crippen molar-refractivity contribution in [2.45, 2.75) is 51.2 Å². The lowest BCUT2D eigenvalue weighted by Crippen LogP contribution is -2.44. The summed E-state index contributed by atoms with van der Waals surface area (Å²) in [6.07, 6.45) is 6.05. The summed E-state index contributed by atoms with van der Waals surface area (Å²) in [6.45, 7) is 4.11. The number of nitrogens with zero attached hydrogens (tertiary/aromatic N) is 1. The van der Waals surface area contributed by atoms with E-state index in [0.29, 0.717) is 25.0 Å². The molecule has 2 saturated carbocycles. The van der Waals surface area contributed by atoms with Crippen LogP contribution in [0.1, 0.15) is 39.0 Å². The van der Waals surface area contributed by atoms with Gasteiger partial charge in [0.25, 0.3) is 0 Å². The van der Waals surface area contributed by atoms with Crippen LogP contribution in [0, 0.1) is 17.8 Å². The maximum atomic E-state index is 12.0. The van der Waals surface area contributed by atoms with Crippen molar-refractivity contribution in [2.24, 2.45) is 17.8 Å². The van der Waals surface area contributed by atoms with Gasteiger partial charge in [-0.3, -0.25) is 9.69 Å². The number of amides is 1. The predicted molar refractivity (Wildman–Crippen MR) is 73.6 cm³/mol. The number of aliphatic hydroxyl groups is 1. The fourth-order valence-electron chi connectivity index (χ4n) is 4.47. The average molecular weight is 266 g/mol. The van der Waals surface area contributed by atoms with Crippen LogP contribution in [-0.4, -0.2) is 47.7 Å². The molecule has 19 heavy (non-hydrogen) atoms. The van der Waals surface area contributed by atoms with E-state index in [4.69, 9.17) is 0 Å². The van der Waals surface area contributed by atoms with Crippen molar-refractivity contribution < 1.29 is 9.90 Å². The first-order valence-corrected chi connectivity index (χ1v) is 7.81. The molecule has 4 unspecified atom stereocenters. The fraction of sp³-hybridized carbons (Fsp3) is 0.933. The molecule has 1 saturated heterocycles. The molecule has 3 aliphatic rings. The number of nitrogens with one attached hydrogen (secondary N) is 1. The summed E-state index contributed by atoms with van der Waals surface area (Å²) < 4.78 is 0. The van der Waals surface area contributed by atoms with Crippen molar-refractivity contribution in [1.29, 1.82) is 0 Å². The summed E-state index contributed by atoms with van der Waals surface area (Å²) in [5.41, 5.74) is 0. The molecular formula is C15H26N2O2. The van der Waals surface area contributed by atoms with Gasteiger partial charge in [-0.05, 0) is 50.4 Å². The largest absolute Gasteiger partial charge is 0.392 e. The Labute approximate surface area is 115 Å². The van der Waals surface area contributed by atoms with Gasteiger partial charge in [0, 0.05) is 19.1 Å². The van der Waals surface area contributed by atoms with Gasteiger partial charge in [0.15, 0.2) is 0 Å². The molecule has 1 amide bonds. The van der Waals surface area contributed by atoms with Crippen molar-refractivity contribution in [3.63, 3.8) is 0 Å². The second kappa shape index (κ2) is 5.41. The third-order valence-corrected chi connectivity index (χ3v) is 5.44. The van der Waals surface area contributed by atoms with E-state index in [2.05, 4.69) is 12.2 Å². The van der Waals surface area contributed by atoms with E-state index in [0.717, 1.165) is 24.8 Å². The van der Waals surface area contributed by atoms with Crippen molar-refractivity contribution in [3.8, 4) is 0 Å². The number of likely N-dealkylation sites (tertiary alicyclic amines) is 1. The molecule has 1 heterocycles. The summed E-state index contributed by atoms with van der Waals surface area (Å²) >= 11 is 0. The van der Waals surface area contributed by atoms with Gasteiger partial charge in [0.05, 0.1) is 12.6 Å². The minimum Gasteiger partial charge on any atom is -0.392 e. The minimum absolute atomic E-state index is 0.129. The first kappa shape index (κ1) is 13.4. The molecule has 4 heteroatoms. The van der Waals surface area contributed by atoms with Crippen LogP contribution < -0.4 is 5.32 Å². The molecule has 3 rings (SSSR count). The Morgan fingerprint density at radius 1 is 1.37 bits per heavy atom. The molecule has 0 aromatic rings. The Balaban J connectivity index is 1.44. The third kappa shape index (κ3) is 2.95. The van der Waals surface area contributed by atoms with Crippen molar-refractivity contribution in [2.75, 3.05) is 19.6 Å². The van der Waals surface area contributed by atoms with Crippen molar-refractivity contribution in [3.05, 3.63) is 0 Å². The molecule has 108 valence electrons. The molecule has 2 bridgehead atoms. The van der Waals surface area contributed by atoms with Gasteiger partial charge in [0.1, 0.15) is 0 Å². The van der Waals surface area contributed by atoms with E-state index in [1.807, 2.05) is 4.90 Å². The van der Waals surface area contributed by atoms with Gasteiger partial charge < -0.3 is 10.4 Å². The smallest absolute Gasteiger partial charge is 0.234 e. The Bertz CT molecular complexity index is 347. The van der Waals surface area contributed by atoms with Gasteiger partial charge in [-0.2, -0.15) is 0 Å². The Morgan fingerprint density at radius 3 is 2.79 bits per heavy atom. The molecule has 4 nitrogen and oxygen atoms in total. The molecule has 2 N–H and O–H groups in total. The number of fused-ring (bicyclic) bond motifs is 2. The van der Waals surface area contributed by atoms with Gasteiger partial charge in [-0.1, -0.05) is 6.42 Å². The van der Waals surface area contributed by atoms with Crippen LogP contribution in [0.5, 0.6) is 0 Å². The standard InChI is InChI=1S/C15H26N2O2/c1-10(14-7-11-2-3-12(14)6-11)16-15(19)9-17-5-4-13(18)8-17/h10-14,18H,2-9H2,1H3,(H,16,19)/t10?,11?,12?,13-,14?/m0/s1. The fourth-order valence-corrected chi connectivity index (χ4v) is 4.47. The monoisotopic (exact) mass is 266 g/mol. The summed E-state index contributed by atoms with van der Waals surface area (Å²) in [7, 11) is 0. The van der Waals surface area contributed by atoms with Crippen molar-refractivity contribution in [1.82, 2.24) is 10.2 Å². The van der Waals surface area contributed by atoms with Gasteiger partial charge in [-0.25, -0.2) is 0 Å². The molecule has 3 fully saturated rings. The van der Waals surface area contributed by atoms with Crippen LogP contribution in [-0.2, 0) is 4.79 Å². The first-order valence-electron chi connectivity index (χ1n) is 7.81. The number of rotatable bonds is 4. The summed E-state index contributed by atoms with van der Waals surface area (Å²) in [4.78, 5) is 14.1. The number of β-amino-alcohol motifs (C(OH)–C–C–N with tert-alkyl or cyclic N) is 1. The average Bonchev–Trinajstić information content (AvgIpc) is 3.05. The lowest BCUT2D eigenvalue weighted by Gasteiger charge is -2.29. The van der Waals surface area contributed by atoms with Gasteiger partial charge in [0.2, 0.25) is 5.91 Å². The second-order valence-electron chi connectivity index (χ2n) is 6.87. The van der Waals surface area contributed by atoms with Crippen LogP contribution >= 0.6 is 0 Å². The molecule has 0 aromatic carbocycles. The van der Waals surface area contributed by atoms with E-state index < -0.39 is 0 Å². The van der Waals surface area contributed by atoms with Crippen LogP contribution in [0.25, 0.3) is 0 Å². The van der Waals surface area contributed by atoms with E-state index in [-0.39, 0.29) is 12.0 Å². The highest BCUT2D eigenvalue weighted by molar-refractivity contribution is 5.78. The van der Waals surface area contributed by atoms with E-state index in [1.54, 1.807) is 0 Å². The third-order valence-electron chi connectivity index (χ3n) is 5.44. The van der Waals surface area contributed by atoms with Crippen LogP contribution in [0.2, 0.25) is 0 Å². The van der Waals surface area contributed by atoms with Gasteiger partial charge >= 0.3 is 0 Å². The SMILES string of the molecule is CC(NC(=O)CN1CC[C@H](O)C1)C1CC2CCC1C2. The molecule has 5 atom stereocenters. The number of carbonyl (C=O) groups is 1. The van der Waals surface area contributed by atoms with E-state index in [1.165, 1.54) is 25.7 Å². The van der Waals surface area contributed by atoms with Crippen LogP contribution in [0.15, 0.2) is 0 Å². The number of hydrogen-bond acceptors (Lipinski definition) is 3. The maximum Gasteiger partial charge on any atom is 0.234 e. The Hall–Kier alpha value is -0.610. The number of aliphatic hydroxyl groups excluding tert-OH is 1.